The van der Waals surface area contributed by atoms with Gasteiger partial charge in [-0.05, 0) is 13.3 Å². The quantitative estimate of drug-likeness (QED) is 0.608. The van der Waals surface area contributed by atoms with Crippen molar-refractivity contribution in [3.8, 4) is 0 Å². The molecule has 0 amide bonds. The highest BCUT2D eigenvalue weighted by molar-refractivity contribution is 4.71. The third-order valence-corrected chi connectivity index (χ3v) is 2.40. The molecular weight excluding hydrogens is 198 g/mol. The van der Waals surface area contributed by atoms with Gasteiger partial charge in [0.15, 0.2) is 6.29 Å². The van der Waals surface area contributed by atoms with Gasteiger partial charge in [-0.15, -0.1) is 0 Å². The molecule has 0 saturated carbocycles. The number of ether oxygens (including phenoxy) is 3. The summed E-state index contributed by atoms with van der Waals surface area (Å²) in [6.45, 7) is 3.99. The molecule has 1 fully saturated rings. The van der Waals surface area contributed by atoms with Gasteiger partial charge in [0.1, 0.15) is 0 Å². The van der Waals surface area contributed by atoms with E-state index in [9.17, 15) is 5.11 Å². The van der Waals surface area contributed by atoms with E-state index in [1.807, 2.05) is 6.92 Å². The summed E-state index contributed by atoms with van der Waals surface area (Å²) in [5, 5.41) is 9.42. The van der Waals surface area contributed by atoms with Crippen molar-refractivity contribution in [1.82, 2.24) is 0 Å². The average Bonchev–Trinajstić information content (AvgIpc) is 2.23. The second kappa shape index (κ2) is 7.14. The largest absolute Gasteiger partial charge is 0.390 e. The molecule has 90 valence electrons. The van der Waals surface area contributed by atoms with Crippen LogP contribution in [0.4, 0.5) is 0 Å². The van der Waals surface area contributed by atoms with Crippen LogP contribution in [0.25, 0.3) is 0 Å². The molecule has 3 atom stereocenters. The molecule has 0 aromatic heterocycles. The van der Waals surface area contributed by atoms with Crippen LogP contribution in [0.3, 0.4) is 0 Å². The first-order chi connectivity index (χ1) is 7.24. The van der Waals surface area contributed by atoms with Crippen molar-refractivity contribution in [2.75, 3.05) is 26.4 Å². The summed E-state index contributed by atoms with van der Waals surface area (Å²) in [5.74, 6) is 0. The Bertz CT molecular complexity index is 168. The van der Waals surface area contributed by atoms with Crippen LogP contribution in [-0.2, 0) is 14.2 Å². The number of nitrogens with two attached hydrogens (primary N) is 1. The van der Waals surface area contributed by atoms with E-state index in [0.717, 1.165) is 12.8 Å². The third-order valence-electron chi connectivity index (χ3n) is 2.40. The first-order valence-electron chi connectivity index (χ1n) is 5.47. The maximum absolute atomic E-state index is 9.42. The molecule has 0 aromatic carbocycles. The van der Waals surface area contributed by atoms with E-state index >= 15 is 0 Å². The van der Waals surface area contributed by atoms with Gasteiger partial charge in [0.25, 0.3) is 0 Å². The highest BCUT2D eigenvalue weighted by Gasteiger charge is 2.26. The van der Waals surface area contributed by atoms with Crippen LogP contribution in [-0.4, -0.2) is 50.0 Å². The first-order valence-corrected chi connectivity index (χ1v) is 5.47. The van der Waals surface area contributed by atoms with Gasteiger partial charge in [0.2, 0.25) is 0 Å². The molecule has 1 rings (SSSR count). The molecular formula is C10H21NO4. The number of rotatable bonds is 6. The lowest BCUT2D eigenvalue weighted by atomic mass is 10.1. The van der Waals surface area contributed by atoms with E-state index in [1.54, 1.807) is 0 Å². The van der Waals surface area contributed by atoms with Gasteiger partial charge in [-0.1, -0.05) is 0 Å². The van der Waals surface area contributed by atoms with Gasteiger partial charge in [-0.3, -0.25) is 0 Å². The van der Waals surface area contributed by atoms with Crippen molar-refractivity contribution >= 4 is 0 Å². The Balaban J connectivity index is 2.02. The Kier molecular flexibility index (Phi) is 6.12. The Hall–Kier alpha value is -0.200. The highest BCUT2D eigenvalue weighted by atomic mass is 16.7. The molecule has 0 aliphatic carbocycles. The van der Waals surface area contributed by atoms with E-state index in [0.29, 0.717) is 26.4 Å². The lowest BCUT2D eigenvalue weighted by Gasteiger charge is -2.31. The first kappa shape index (κ1) is 12.9. The lowest BCUT2D eigenvalue weighted by Crippen LogP contribution is -2.38. The summed E-state index contributed by atoms with van der Waals surface area (Å²) in [4.78, 5) is 0. The standard InChI is InChI=1S/C10H21NO4/c1-8-9(12)2-3-10(15-8)14-7-6-13-5-4-11/h8-10,12H,2-7,11H2,1H3/t8-,9?,10?/m0/s1. The SMILES string of the molecule is C[C@@H]1OC(OCCOCCN)CCC1O. The second-order valence-electron chi connectivity index (χ2n) is 3.69. The summed E-state index contributed by atoms with van der Waals surface area (Å²) in [6, 6.07) is 0. The van der Waals surface area contributed by atoms with Crippen molar-refractivity contribution in [3.63, 3.8) is 0 Å². The maximum Gasteiger partial charge on any atom is 0.158 e. The predicted octanol–water partition coefficient (Wildman–Crippen LogP) is -0.136. The minimum atomic E-state index is -0.363. The van der Waals surface area contributed by atoms with Gasteiger partial charge in [0.05, 0.1) is 32.0 Å². The van der Waals surface area contributed by atoms with Gasteiger partial charge >= 0.3 is 0 Å². The number of aliphatic hydroxyl groups is 1. The minimum Gasteiger partial charge on any atom is -0.390 e. The average molecular weight is 219 g/mol. The van der Waals surface area contributed by atoms with Crippen molar-refractivity contribution in [2.45, 2.75) is 38.3 Å². The summed E-state index contributed by atoms with van der Waals surface area (Å²) < 4.78 is 16.1. The van der Waals surface area contributed by atoms with Crippen molar-refractivity contribution < 1.29 is 19.3 Å². The van der Waals surface area contributed by atoms with Gasteiger partial charge < -0.3 is 25.1 Å². The van der Waals surface area contributed by atoms with Crippen LogP contribution in [0.5, 0.6) is 0 Å². The third kappa shape index (κ3) is 4.90. The number of hydrogen-bond donors (Lipinski definition) is 2. The van der Waals surface area contributed by atoms with Crippen molar-refractivity contribution in [2.24, 2.45) is 5.73 Å². The Morgan fingerprint density at radius 2 is 2.13 bits per heavy atom. The zero-order valence-corrected chi connectivity index (χ0v) is 9.22. The summed E-state index contributed by atoms with van der Waals surface area (Å²) in [5.41, 5.74) is 5.27. The molecule has 3 N–H and O–H groups in total. The molecule has 1 aliphatic rings. The highest BCUT2D eigenvalue weighted by Crippen LogP contribution is 2.19. The molecule has 1 heterocycles. The molecule has 2 unspecified atom stereocenters. The second-order valence-corrected chi connectivity index (χ2v) is 3.69. The van der Waals surface area contributed by atoms with Crippen LogP contribution in [0.15, 0.2) is 0 Å². The number of aliphatic hydroxyl groups excluding tert-OH is 1. The minimum absolute atomic E-state index is 0.145. The Morgan fingerprint density at radius 3 is 2.80 bits per heavy atom. The molecule has 5 heteroatoms. The molecule has 1 saturated heterocycles. The van der Waals surface area contributed by atoms with Gasteiger partial charge in [-0.2, -0.15) is 0 Å². The molecule has 0 spiro atoms. The van der Waals surface area contributed by atoms with Crippen LogP contribution in [0.2, 0.25) is 0 Å². The van der Waals surface area contributed by atoms with Crippen molar-refractivity contribution in [3.05, 3.63) is 0 Å². The van der Waals surface area contributed by atoms with Crippen LogP contribution in [0.1, 0.15) is 19.8 Å². The lowest BCUT2D eigenvalue weighted by molar-refractivity contribution is -0.220. The smallest absolute Gasteiger partial charge is 0.158 e. The molecule has 15 heavy (non-hydrogen) atoms. The fraction of sp³-hybridized carbons (Fsp3) is 1.00. The Labute approximate surface area is 90.5 Å². The maximum atomic E-state index is 9.42. The topological polar surface area (TPSA) is 73.9 Å². The van der Waals surface area contributed by atoms with Gasteiger partial charge in [0, 0.05) is 13.0 Å². The van der Waals surface area contributed by atoms with Crippen molar-refractivity contribution in [1.29, 1.82) is 0 Å². The van der Waals surface area contributed by atoms with E-state index in [-0.39, 0.29) is 18.5 Å². The molecule has 1 aliphatic heterocycles. The zero-order valence-electron chi connectivity index (χ0n) is 9.22. The molecule has 0 aromatic rings. The molecule has 5 nitrogen and oxygen atoms in total. The van der Waals surface area contributed by atoms with Gasteiger partial charge in [-0.25, -0.2) is 0 Å². The molecule has 0 radical (unpaired) electrons. The monoisotopic (exact) mass is 219 g/mol. The molecule has 0 bridgehead atoms. The normalized spacial score (nSPS) is 31.8. The van der Waals surface area contributed by atoms with Crippen LogP contribution < -0.4 is 5.73 Å². The van der Waals surface area contributed by atoms with E-state index < -0.39 is 0 Å². The fourth-order valence-corrected chi connectivity index (χ4v) is 1.49. The Morgan fingerprint density at radius 1 is 1.33 bits per heavy atom. The zero-order chi connectivity index (χ0) is 11.1. The van der Waals surface area contributed by atoms with E-state index in [4.69, 9.17) is 19.9 Å². The summed E-state index contributed by atoms with van der Waals surface area (Å²) in [7, 11) is 0. The van der Waals surface area contributed by atoms with Crippen LogP contribution >= 0.6 is 0 Å². The number of hydrogen-bond acceptors (Lipinski definition) is 5. The van der Waals surface area contributed by atoms with Crippen LogP contribution in [0, 0.1) is 0 Å². The fourth-order valence-electron chi connectivity index (χ4n) is 1.49. The van der Waals surface area contributed by atoms with E-state index in [2.05, 4.69) is 0 Å². The van der Waals surface area contributed by atoms with E-state index in [1.165, 1.54) is 0 Å². The predicted molar refractivity (Wildman–Crippen MR) is 55.4 cm³/mol. The summed E-state index contributed by atoms with van der Waals surface area (Å²) in [6.07, 6.45) is 0.759. The summed E-state index contributed by atoms with van der Waals surface area (Å²) >= 11 is 0.